The van der Waals surface area contributed by atoms with Gasteiger partial charge in [0.05, 0.1) is 18.7 Å². The Bertz CT molecular complexity index is 1710. The molecule has 4 aromatic carbocycles. The van der Waals surface area contributed by atoms with Gasteiger partial charge in [-0.2, -0.15) is 0 Å². The first kappa shape index (κ1) is 30.6. The molecule has 0 spiro atoms. The summed E-state index contributed by atoms with van der Waals surface area (Å²) in [6.07, 6.45) is 4.92. The van der Waals surface area contributed by atoms with Crippen LogP contribution >= 0.6 is 11.6 Å². The zero-order chi connectivity index (χ0) is 30.7. The van der Waals surface area contributed by atoms with E-state index in [4.69, 9.17) is 35.8 Å². The average Bonchev–Trinajstić information content (AvgIpc) is 3.09. The van der Waals surface area contributed by atoms with E-state index in [-0.39, 0.29) is 0 Å². The molecule has 5 aromatic rings. The monoisotopic (exact) mass is 620 g/mol. The van der Waals surface area contributed by atoms with Crippen LogP contribution in [0.2, 0.25) is 5.02 Å². The summed E-state index contributed by atoms with van der Waals surface area (Å²) in [4.78, 5) is 12.1. The molecule has 8 heteroatoms. The van der Waals surface area contributed by atoms with Crippen LogP contribution in [-0.4, -0.2) is 54.3 Å². The normalized spacial score (nSPS) is 13.7. The molecule has 1 saturated heterocycles. The van der Waals surface area contributed by atoms with Gasteiger partial charge in [-0.15, -0.1) is 0 Å². The Labute approximate surface area is 269 Å². The summed E-state index contributed by atoms with van der Waals surface area (Å²) in [5, 5.41) is 5.12. The van der Waals surface area contributed by atoms with Crippen LogP contribution in [-0.2, 0) is 18.0 Å². The number of hydrogen-bond donors (Lipinski definition) is 1. The Morgan fingerprint density at radius 2 is 1.49 bits per heavy atom. The van der Waals surface area contributed by atoms with Crippen LogP contribution in [0.15, 0.2) is 97.1 Å². The second-order valence-electron chi connectivity index (χ2n) is 10.9. The van der Waals surface area contributed by atoms with Gasteiger partial charge in [-0.25, -0.2) is 9.97 Å². The number of ether oxygens (including phenoxy) is 3. The van der Waals surface area contributed by atoms with Crippen molar-refractivity contribution in [2.24, 2.45) is 0 Å². The molecule has 6 rings (SSSR count). The van der Waals surface area contributed by atoms with Gasteiger partial charge < -0.3 is 19.5 Å². The van der Waals surface area contributed by atoms with Crippen molar-refractivity contribution in [3.05, 3.63) is 125 Å². The van der Waals surface area contributed by atoms with Crippen molar-refractivity contribution in [2.45, 2.75) is 19.6 Å². The maximum atomic E-state index is 6.34. The third kappa shape index (κ3) is 8.82. The maximum absolute atomic E-state index is 6.34. The Morgan fingerprint density at radius 3 is 2.22 bits per heavy atom. The molecule has 1 aliphatic heterocycles. The lowest BCUT2D eigenvalue weighted by atomic mass is 10.1. The van der Waals surface area contributed by atoms with Gasteiger partial charge in [-0.05, 0) is 66.1 Å². The third-order valence-corrected chi connectivity index (χ3v) is 7.83. The van der Waals surface area contributed by atoms with E-state index < -0.39 is 0 Å². The standard InChI is InChI=1S/C37H37ClN4O3/c38-31-14-15-32-33(25-31)40-36(41-37(32)39-18-7-19-42-20-22-43-23-21-42)17-13-28-12-16-34(44-26-29-8-3-1-4-9-29)35(24-28)45-27-30-10-5-2-6-11-30/h1-6,8-17,24-25H,7,18-23,26-27H2,(H,39,40,41)/b17-13+. The zero-order valence-corrected chi connectivity index (χ0v) is 26.0. The molecule has 1 fully saturated rings. The number of benzene rings is 4. The molecule has 7 nitrogen and oxygen atoms in total. The van der Waals surface area contributed by atoms with Gasteiger partial charge in [-0.3, -0.25) is 4.90 Å². The molecule has 0 radical (unpaired) electrons. The topological polar surface area (TPSA) is 68.7 Å². The molecule has 2 heterocycles. The lowest BCUT2D eigenvalue weighted by molar-refractivity contribution is 0.0378. The average molecular weight is 621 g/mol. The second-order valence-corrected chi connectivity index (χ2v) is 11.4. The van der Waals surface area contributed by atoms with E-state index in [0.29, 0.717) is 35.6 Å². The second kappa shape index (κ2) is 15.5. The lowest BCUT2D eigenvalue weighted by Gasteiger charge is -2.26. The first-order valence-electron chi connectivity index (χ1n) is 15.4. The Hall–Kier alpha value is -4.43. The highest BCUT2D eigenvalue weighted by atomic mass is 35.5. The molecule has 0 saturated carbocycles. The first-order chi connectivity index (χ1) is 22.2. The highest BCUT2D eigenvalue weighted by molar-refractivity contribution is 6.31. The van der Waals surface area contributed by atoms with Gasteiger partial charge in [0.1, 0.15) is 19.0 Å². The van der Waals surface area contributed by atoms with E-state index in [1.165, 1.54) is 0 Å². The van der Waals surface area contributed by atoms with Crippen molar-refractivity contribution in [1.82, 2.24) is 14.9 Å². The third-order valence-electron chi connectivity index (χ3n) is 7.59. The van der Waals surface area contributed by atoms with Crippen molar-refractivity contribution in [3.63, 3.8) is 0 Å². The predicted octanol–water partition coefficient (Wildman–Crippen LogP) is 7.75. The van der Waals surface area contributed by atoms with E-state index in [9.17, 15) is 0 Å². The minimum absolute atomic E-state index is 0.435. The fourth-order valence-electron chi connectivity index (χ4n) is 5.17. The number of nitrogens with zero attached hydrogens (tertiary/aromatic N) is 3. The number of aromatic nitrogens is 2. The van der Waals surface area contributed by atoms with Gasteiger partial charge in [0.2, 0.25) is 0 Å². The fourth-order valence-corrected chi connectivity index (χ4v) is 5.33. The van der Waals surface area contributed by atoms with Crippen LogP contribution < -0.4 is 14.8 Å². The Morgan fingerprint density at radius 1 is 0.778 bits per heavy atom. The van der Waals surface area contributed by atoms with Crippen LogP contribution in [0.4, 0.5) is 5.82 Å². The lowest BCUT2D eigenvalue weighted by Crippen LogP contribution is -2.37. The molecule has 45 heavy (non-hydrogen) atoms. The van der Waals surface area contributed by atoms with E-state index >= 15 is 0 Å². The molecule has 1 aliphatic rings. The SMILES string of the molecule is Clc1ccc2c(NCCCN3CCOCC3)nc(/C=C/c3ccc(OCc4ccccc4)c(OCc4ccccc4)c3)nc2c1. The molecule has 0 aliphatic carbocycles. The van der Waals surface area contributed by atoms with Crippen LogP contribution in [0.25, 0.3) is 23.1 Å². The summed E-state index contributed by atoms with van der Waals surface area (Å²) in [6, 6.07) is 31.9. The van der Waals surface area contributed by atoms with Crippen molar-refractivity contribution in [3.8, 4) is 11.5 Å². The molecule has 1 aromatic heterocycles. The molecule has 1 N–H and O–H groups in total. The van der Waals surface area contributed by atoms with Crippen molar-refractivity contribution in [2.75, 3.05) is 44.7 Å². The Balaban J connectivity index is 1.19. The van der Waals surface area contributed by atoms with Crippen molar-refractivity contribution in [1.29, 1.82) is 0 Å². The smallest absolute Gasteiger partial charge is 0.162 e. The number of hydrogen-bond acceptors (Lipinski definition) is 7. The summed E-state index contributed by atoms with van der Waals surface area (Å²) in [5.41, 5.74) is 3.92. The van der Waals surface area contributed by atoms with Crippen LogP contribution in [0.3, 0.4) is 0 Å². The Kier molecular flexibility index (Phi) is 10.6. The number of fused-ring (bicyclic) bond motifs is 1. The van der Waals surface area contributed by atoms with Gasteiger partial charge in [0.15, 0.2) is 17.3 Å². The minimum atomic E-state index is 0.435. The predicted molar refractivity (Wildman–Crippen MR) is 182 cm³/mol. The maximum Gasteiger partial charge on any atom is 0.162 e. The van der Waals surface area contributed by atoms with Gasteiger partial charge in [-0.1, -0.05) is 84.4 Å². The van der Waals surface area contributed by atoms with E-state index in [1.807, 2.05) is 109 Å². The summed E-state index contributed by atoms with van der Waals surface area (Å²) < 4.78 is 17.9. The van der Waals surface area contributed by atoms with Crippen molar-refractivity contribution < 1.29 is 14.2 Å². The highest BCUT2D eigenvalue weighted by Gasteiger charge is 2.12. The van der Waals surface area contributed by atoms with E-state index in [0.717, 1.165) is 79.2 Å². The molecule has 0 atom stereocenters. The highest BCUT2D eigenvalue weighted by Crippen LogP contribution is 2.31. The van der Waals surface area contributed by atoms with E-state index in [1.54, 1.807) is 0 Å². The molecule has 0 amide bonds. The molecule has 0 unspecified atom stereocenters. The van der Waals surface area contributed by atoms with Gasteiger partial charge in [0, 0.05) is 30.0 Å². The summed E-state index contributed by atoms with van der Waals surface area (Å²) >= 11 is 6.34. The first-order valence-corrected chi connectivity index (χ1v) is 15.7. The van der Waals surface area contributed by atoms with Crippen LogP contribution in [0.1, 0.15) is 28.9 Å². The largest absolute Gasteiger partial charge is 0.485 e. The number of morpholine rings is 1. The minimum Gasteiger partial charge on any atom is -0.485 e. The zero-order valence-electron chi connectivity index (χ0n) is 25.2. The number of rotatable bonds is 13. The molecular formula is C37H37ClN4O3. The molecular weight excluding hydrogens is 584 g/mol. The summed E-state index contributed by atoms with van der Waals surface area (Å²) in [5.74, 6) is 2.75. The summed E-state index contributed by atoms with van der Waals surface area (Å²) in [7, 11) is 0. The fraction of sp³-hybridized carbons (Fsp3) is 0.243. The van der Waals surface area contributed by atoms with Gasteiger partial charge in [0.25, 0.3) is 0 Å². The van der Waals surface area contributed by atoms with Crippen molar-refractivity contribution >= 4 is 40.5 Å². The van der Waals surface area contributed by atoms with Crippen LogP contribution in [0, 0.1) is 0 Å². The number of anilines is 1. The number of nitrogens with one attached hydrogen (secondary N) is 1. The number of halogens is 1. The quantitative estimate of drug-likeness (QED) is 0.135. The molecule has 0 bridgehead atoms. The van der Waals surface area contributed by atoms with Crippen LogP contribution in [0.5, 0.6) is 11.5 Å². The summed E-state index contributed by atoms with van der Waals surface area (Å²) in [6.45, 7) is 6.32. The van der Waals surface area contributed by atoms with E-state index in [2.05, 4.69) is 10.2 Å². The van der Waals surface area contributed by atoms with Gasteiger partial charge >= 0.3 is 0 Å². The molecule has 230 valence electrons.